The Balaban J connectivity index is 2.38. The maximum atomic E-state index is 13.4. The molecule has 6 heteroatoms. The van der Waals surface area contributed by atoms with Crippen LogP contribution in [0.15, 0.2) is 35.5 Å². The summed E-state index contributed by atoms with van der Waals surface area (Å²) in [6, 6.07) is 3.27. The molecule has 2 aromatic rings. The van der Waals surface area contributed by atoms with Crippen LogP contribution < -0.4 is 5.56 Å². The van der Waals surface area contributed by atoms with E-state index in [4.69, 9.17) is 0 Å². The van der Waals surface area contributed by atoms with Crippen LogP contribution in [0.25, 0.3) is 0 Å². The van der Waals surface area contributed by atoms with E-state index in [2.05, 4.69) is 4.98 Å². The van der Waals surface area contributed by atoms with E-state index in [1.807, 2.05) is 22.6 Å². The molecule has 1 heterocycles. The molecule has 0 N–H and O–H groups in total. The highest BCUT2D eigenvalue weighted by atomic mass is 127. The molecule has 0 amide bonds. The topological polar surface area (TPSA) is 34.9 Å². The Kier molecular flexibility index (Phi) is 3.51. The van der Waals surface area contributed by atoms with E-state index in [9.17, 15) is 13.6 Å². The number of hydrogen-bond donors (Lipinski definition) is 0. The van der Waals surface area contributed by atoms with Crippen molar-refractivity contribution < 1.29 is 8.78 Å². The molecule has 2 rings (SSSR count). The second-order valence-corrected chi connectivity index (χ2v) is 4.57. The van der Waals surface area contributed by atoms with Gasteiger partial charge in [0.2, 0.25) is 0 Å². The van der Waals surface area contributed by atoms with E-state index < -0.39 is 11.6 Å². The monoisotopic (exact) mass is 348 g/mol. The maximum Gasteiger partial charge on any atom is 0.267 e. The highest BCUT2D eigenvalue weighted by Gasteiger charge is 2.07. The van der Waals surface area contributed by atoms with Gasteiger partial charge in [0.1, 0.15) is 11.6 Å². The fourth-order valence-corrected chi connectivity index (χ4v) is 1.84. The van der Waals surface area contributed by atoms with Gasteiger partial charge in [0.25, 0.3) is 5.56 Å². The molecule has 0 spiro atoms. The highest BCUT2D eigenvalue weighted by Crippen LogP contribution is 2.10. The first-order valence-corrected chi connectivity index (χ1v) is 5.79. The zero-order valence-electron chi connectivity index (χ0n) is 8.53. The molecule has 0 atom stereocenters. The van der Waals surface area contributed by atoms with Crippen molar-refractivity contribution in [1.29, 1.82) is 0 Å². The lowest BCUT2D eigenvalue weighted by molar-refractivity contribution is 0.563. The molecular formula is C11H7F2IN2O. The van der Waals surface area contributed by atoms with Crippen LogP contribution in [0, 0.1) is 15.2 Å². The lowest BCUT2D eigenvalue weighted by Crippen LogP contribution is -2.23. The van der Waals surface area contributed by atoms with Crippen molar-refractivity contribution in [1.82, 2.24) is 9.55 Å². The molecule has 0 saturated heterocycles. The Morgan fingerprint density at radius 3 is 2.82 bits per heavy atom. The first kappa shape index (κ1) is 12.2. The predicted octanol–water partition coefficient (Wildman–Crippen LogP) is 2.17. The van der Waals surface area contributed by atoms with Crippen molar-refractivity contribution in [2.24, 2.45) is 0 Å². The third-order valence-electron chi connectivity index (χ3n) is 2.21. The zero-order chi connectivity index (χ0) is 12.4. The van der Waals surface area contributed by atoms with Gasteiger partial charge in [-0.05, 0) is 28.7 Å². The summed E-state index contributed by atoms with van der Waals surface area (Å²) < 4.78 is 27.8. The molecule has 0 fully saturated rings. The fourth-order valence-electron chi connectivity index (χ4n) is 1.37. The van der Waals surface area contributed by atoms with Crippen molar-refractivity contribution in [3.8, 4) is 0 Å². The summed E-state index contributed by atoms with van der Waals surface area (Å²) in [5.41, 5.74) is 0.00150. The largest absolute Gasteiger partial charge is 0.294 e. The van der Waals surface area contributed by atoms with Gasteiger partial charge in [-0.2, -0.15) is 0 Å². The number of benzene rings is 1. The van der Waals surface area contributed by atoms with Crippen molar-refractivity contribution in [2.45, 2.75) is 6.54 Å². The van der Waals surface area contributed by atoms with Gasteiger partial charge in [-0.3, -0.25) is 9.36 Å². The highest BCUT2D eigenvalue weighted by molar-refractivity contribution is 14.1. The smallest absolute Gasteiger partial charge is 0.267 e. The summed E-state index contributed by atoms with van der Waals surface area (Å²) in [5, 5.41) is 0. The molecule has 17 heavy (non-hydrogen) atoms. The van der Waals surface area contributed by atoms with Crippen LogP contribution >= 0.6 is 22.6 Å². The summed E-state index contributed by atoms with van der Waals surface area (Å²) in [7, 11) is 0. The molecule has 0 aliphatic carbocycles. The van der Waals surface area contributed by atoms with E-state index in [0.717, 1.165) is 12.1 Å². The summed E-state index contributed by atoms with van der Waals surface area (Å²) in [6.45, 7) is 0.0365. The summed E-state index contributed by atoms with van der Waals surface area (Å²) in [5.74, 6) is -1.31. The molecule has 0 aliphatic rings. The molecule has 0 unspecified atom stereocenters. The number of halogens is 3. The maximum absolute atomic E-state index is 13.4. The van der Waals surface area contributed by atoms with Crippen molar-refractivity contribution in [3.05, 3.63) is 61.8 Å². The molecule has 0 radical (unpaired) electrons. The van der Waals surface area contributed by atoms with E-state index in [-0.39, 0.29) is 17.7 Å². The van der Waals surface area contributed by atoms with Crippen LogP contribution in [-0.2, 0) is 6.54 Å². The number of rotatable bonds is 2. The molecule has 3 nitrogen and oxygen atoms in total. The van der Waals surface area contributed by atoms with Crippen LogP contribution in [-0.4, -0.2) is 9.55 Å². The van der Waals surface area contributed by atoms with E-state index in [1.54, 1.807) is 0 Å². The Hall–Kier alpha value is -1.31. The van der Waals surface area contributed by atoms with E-state index in [1.165, 1.54) is 23.2 Å². The SMILES string of the molecule is O=c1c(I)cncn1Cc1ccc(F)cc1F. The van der Waals surface area contributed by atoms with Gasteiger partial charge in [-0.1, -0.05) is 6.07 Å². The lowest BCUT2D eigenvalue weighted by atomic mass is 10.2. The Labute approximate surface area is 109 Å². The molecule has 1 aromatic carbocycles. The minimum absolute atomic E-state index is 0.0365. The van der Waals surface area contributed by atoms with Crippen LogP contribution in [0.1, 0.15) is 5.56 Å². The van der Waals surface area contributed by atoms with E-state index in [0.29, 0.717) is 3.57 Å². The van der Waals surface area contributed by atoms with Crippen LogP contribution in [0.4, 0.5) is 8.78 Å². The molecule has 1 aromatic heterocycles. The van der Waals surface area contributed by atoms with Crippen LogP contribution in [0.2, 0.25) is 0 Å². The average Bonchev–Trinajstić information content (AvgIpc) is 2.28. The molecule has 0 bridgehead atoms. The number of aromatic nitrogens is 2. The second-order valence-electron chi connectivity index (χ2n) is 3.41. The molecule has 0 aliphatic heterocycles. The molecule has 0 saturated carbocycles. The number of nitrogens with zero attached hydrogens (tertiary/aromatic N) is 2. The average molecular weight is 348 g/mol. The van der Waals surface area contributed by atoms with Gasteiger partial charge < -0.3 is 0 Å². The van der Waals surface area contributed by atoms with Gasteiger partial charge in [-0.15, -0.1) is 0 Å². The van der Waals surface area contributed by atoms with Gasteiger partial charge in [0.15, 0.2) is 0 Å². The molecule has 88 valence electrons. The predicted molar refractivity (Wildman–Crippen MR) is 66.7 cm³/mol. The van der Waals surface area contributed by atoms with Gasteiger partial charge >= 0.3 is 0 Å². The first-order chi connectivity index (χ1) is 8.08. The van der Waals surface area contributed by atoms with Crippen LogP contribution in [0.5, 0.6) is 0 Å². The Bertz CT molecular complexity index is 613. The lowest BCUT2D eigenvalue weighted by Gasteiger charge is -2.06. The first-order valence-electron chi connectivity index (χ1n) is 4.72. The standard InChI is InChI=1S/C11H7F2IN2O/c12-8-2-1-7(9(13)3-8)5-16-6-15-4-10(14)11(16)17/h1-4,6H,5H2. The third kappa shape index (κ3) is 2.68. The summed E-state index contributed by atoms with van der Waals surface area (Å²) in [6.07, 6.45) is 2.76. The second kappa shape index (κ2) is 4.91. The van der Waals surface area contributed by atoms with Crippen molar-refractivity contribution in [2.75, 3.05) is 0 Å². The minimum atomic E-state index is -0.671. The van der Waals surface area contributed by atoms with Crippen LogP contribution in [0.3, 0.4) is 0 Å². The van der Waals surface area contributed by atoms with Gasteiger partial charge in [-0.25, -0.2) is 13.8 Å². The summed E-state index contributed by atoms with van der Waals surface area (Å²) >= 11 is 1.86. The van der Waals surface area contributed by atoms with Crippen molar-refractivity contribution in [3.63, 3.8) is 0 Å². The zero-order valence-corrected chi connectivity index (χ0v) is 10.7. The van der Waals surface area contributed by atoms with E-state index >= 15 is 0 Å². The Morgan fingerprint density at radius 2 is 2.12 bits per heavy atom. The van der Waals surface area contributed by atoms with Gasteiger partial charge in [0.05, 0.1) is 16.4 Å². The van der Waals surface area contributed by atoms with Gasteiger partial charge in [0, 0.05) is 17.8 Å². The molecular weight excluding hydrogens is 341 g/mol. The Morgan fingerprint density at radius 1 is 1.35 bits per heavy atom. The number of hydrogen-bond acceptors (Lipinski definition) is 2. The quantitative estimate of drug-likeness (QED) is 0.780. The minimum Gasteiger partial charge on any atom is -0.294 e. The normalized spacial score (nSPS) is 10.5. The van der Waals surface area contributed by atoms with Crippen molar-refractivity contribution >= 4 is 22.6 Å². The summed E-state index contributed by atoms with van der Waals surface area (Å²) in [4.78, 5) is 15.5. The fraction of sp³-hybridized carbons (Fsp3) is 0.0909. The third-order valence-corrected chi connectivity index (χ3v) is 2.95.